The van der Waals surface area contributed by atoms with E-state index in [0.717, 1.165) is 6.42 Å². The average Bonchev–Trinajstić information content (AvgIpc) is 3.53. The molecule has 5 rings (SSSR count). The maximum Gasteiger partial charge on any atom is 0.410 e. The Kier molecular flexibility index (Phi) is 5.01. The van der Waals surface area contributed by atoms with E-state index in [4.69, 9.17) is 4.74 Å². The molecule has 4 heteroatoms. The SMILES string of the molecule is O=C(OCC1c2ccccc2-c2ccccc21)N1C[C@@H]1[C@@H](CO)Cc1ccccc1. The van der Waals surface area contributed by atoms with Gasteiger partial charge in [-0.3, -0.25) is 0 Å². The van der Waals surface area contributed by atoms with Gasteiger partial charge in [0.05, 0.1) is 6.04 Å². The van der Waals surface area contributed by atoms with Crippen LogP contribution in [0.3, 0.4) is 0 Å². The van der Waals surface area contributed by atoms with Gasteiger partial charge in [0, 0.05) is 25.0 Å². The van der Waals surface area contributed by atoms with Gasteiger partial charge >= 0.3 is 6.09 Å². The fourth-order valence-corrected chi connectivity index (χ4v) is 4.68. The Morgan fingerprint density at radius 3 is 2.17 bits per heavy atom. The molecule has 4 nitrogen and oxygen atoms in total. The van der Waals surface area contributed by atoms with E-state index in [0.29, 0.717) is 13.2 Å². The summed E-state index contributed by atoms with van der Waals surface area (Å²) in [5.74, 6) is 0.102. The first kappa shape index (κ1) is 18.9. The summed E-state index contributed by atoms with van der Waals surface area (Å²) >= 11 is 0. The molecule has 2 aliphatic rings. The molecule has 1 fully saturated rings. The number of benzene rings is 3. The zero-order valence-corrected chi connectivity index (χ0v) is 16.8. The average molecular weight is 399 g/mol. The molecule has 1 saturated heterocycles. The lowest BCUT2D eigenvalue weighted by molar-refractivity contribution is 0.120. The minimum Gasteiger partial charge on any atom is -0.448 e. The lowest BCUT2D eigenvalue weighted by atomic mass is 9.97. The van der Waals surface area contributed by atoms with Crippen molar-refractivity contribution >= 4 is 6.09 Å². The molecule has 1 heterocycles. The zero-order chi connectivity index (χ0) is 20.5. The van der Waals surface area contributed by atoms with E-state index in [2.05, 4.69) is 36.4 Å². The van der Waals surface area contributed by atoms with Crippen molar-refractivity contribution in [3.63, 3.8) is 0 Å². The maximum atomic E-state index is 12.7. The monoisotopic (exact) mass is 399 g/mol. The molecular weight excluding hydrogens is 374 g/mol. The van der Waals surface area contributed by atoms with E-state index in [-0.39, 0.29) is 30.6 Å². The second-order valence-corrected chi connectivity index (χ2v) is 8.16. The van der Waals surface area contributed by atoms with Gasteiger partial charge < -0.3 is 14.7 Å². The van der Waals surface area contributed by atoms with Crippen LogP contribution in [0.15, 0.2) is 78.9 Å². The molecule has 0 radical (unpaired) electrons. The molecule has 152 valence electrons. The van der Waals surface area contributed by atoms with E-state index >= 15 is 0 Å². The number of carbonyl (C=O) groups excluding carboxylic acids is 1. The van der Waals surface area contributed by atoms with Crippen molar-refractivity contribution in [2.24, 2.45) is 5.92 Å². The molecule has 0 saturated carbocycles. The van der Waals surface area contributed by atoms with Crippen LogP contribution in [0.5, 0.6) is 0 Å². The van der Waals surface area contributed by atoms with E-state index in [1.807, 2.05) is 42.5 Å². The van der Waals surface area contributed by atoms with Crippen LogP contribution in [0.1, 0.15) is 22.6 Å². The summed E-state index contributed by atoms with van der Waals surface area (Å²) in [5.41, 5.74) is 6.05. The maximum absolute atomic E-state index is 12.7. The second kappa shape index (κ2) is 7.96. The van der Waals surface area contributed by atoms with Crippen molar-refractivity contribution < 1.29 is 14.6 Å². The van der Waals surface area contributed by atoms with Crippen LogP contribution in [-0.2, 0) is 11.2 Å². The van der Waals surface area contributed by atoms with Crippen LogP contribution in [0.25, 0.3) is 11.1 Å². The number of fused-ring (bicyclic) bond motifs is 3. The van der Waals surface area contributed by atoms with Gasteiger partial charge in [0.25, 0.3) is 0 Å². The summed E-state index contributed by atoms with van der Waals surface area (Å²) in [6, 6.07) is 26.8. The van der Waals surface area contributed by atoms with E-state index in [1.165, 1.54) is 27.8 Å². The first-order valence-corrected chi connectivity index (χ1v) is 10.5. The fourth-order valence-electron chi connectivity index (χ4n) is 4.68. The van der Waals surface area contributed by atoms with Gasteiger partial charge in [-0.25, -0.2) is 4.79 Å². The number of aliphatic hydroxyl groups is 1. The lowest BCUT2D eigenvalue weighted by Gasteiger charge is -2.17. The Hall–Kier alpha value is -3.11. The van der Waals surface area contributed by atoms with Crippen LogP contribution < -0.4 is 0 Å². The fraction of sp³-hybridized carbons (Fsp3) is 0.269. The summed E-state index contributed by atoms with van der Waals surface area (Å²) in [5, 5.41) is 9.84. The van der Waals surface area contributed by atoms with Crippen LogP contribution >= 0.6 is 0 Å². The molecule has 1 aliphatic carbocycles. The Morgan fingerprint density at radius 1 is 0.933 bits per heavy atom. The van der Waals surface area contributed by atoms with Gasteiger partial charge in [-0.15, -0.1) is 0 Å². The van der Waals surface area contributed by atoms with Crippen molar-refractivity contribution in [3.05, 3.63) is 95.6 Å². The molecule has 0 bridgehead atoms. The molecule has 1 N–H and O–H groups in total. The highest BCUT2D eigenvalue weighted by Crippen LogP contribution is 2.44. The Morgan fingerprint density at radius 2 is 1.53 bits per heavy atom. The Labute approximate surface area is 176 Å². The molecule has 2 atom stereocenters. The third-order valence-electron chi connectivity index (χ3n) is 6.34. The number of rotatable bonds is 6. The summed E-state index contributed by atoms with van der Waals surface area (Å²) in [6.07, 6.45) is 0.475. The third-order valence-corrected chi connectivity index (χ3v) is 6.34. The van der Waals surface area contributed by atoms with Crippen molar-refractivity contribution in [3.8, 4) is 11.1 Å². The second-order valence-electron chi connectivity index (χ2n) is 8.16. The van der Waals surface area contributed by atoms with Crippen LogP contribution in [-0.4, -0.2) is 41.9 Å². The molecular formula is C26H25NO3. The standard InChI is InChI=1S/C26H25NO3/c28-16-19(14-18-8-2-1-3-9-18)25-15-27(25)26(29)30-17-24-22-12-6-4-10-20(22)21-11-5-7-13-23(21)24/h1-13,19,24-25,28H,14-17H2/t19-,25-,27?/m1/s1. The van der Waals surface area contributed by atoms with E-state index in [1.54, 1.807) is 4.90 Å². The minimum absolute atomic E-state index is 0.0351. The van der Waals surface area contributed by atoms with Crippen molar-refractivity contribution in [1.29, 1.82) is 0 Å². The smallest absolute Gasteiger partial charge is 0.410 e. The number of aliphatic hydroxyl groups excluding tert-OH is 1. The Bertz CT molecular complexity index is 1000. The van der Waals surface area contributed by atoms with Gasteiger partial charge in [-0.05, 0) is 34.2 Å². The predicted octanol–water partition coefficient (Wildman–Crippen LogP) is 4.47. The number of ether oxygens (including phenoxy) is 1. The normalized spacial score (nSPS) is 17.9. The highest BCUT2D eigenvalue weighted by molar-refractivity contribution is 5.79. The van der Waals surface area contributed by atoms with Crippen molar-refractivity contribution in [2.75, 3.05) is 19.8 Å². The first-order chi connectivity index (χ1) is 14.8. The van der Waals surface area contributed by atoms with Crippen LogP contribution in [0.2, 0.25) is 0 Å². The first-order valence-electron chi connectivity index (χ1n) is 10.5. The Balaban J connectivity index is 1.23. The highest BCUT2D eigenvalue weighted by Gasteiger charge is 2.45. The predicted molar refractivity (Wildman–Crippen MR) is 116 cm³/mol. The molecule has 0 spiro atoms. The number of hydrogen-bond acceptors (Lipinski definition) is 3. The number of carbonyl (C=O) groups is 1. The molecule has 1 amide bonds. The molecule has 1 aliphatic heterocycles. The quantitative estimate of drug-likeness (QED) is 0.622. The van der Waals surface area contributed by atoms with Gasteiger partial charge in [-0.1, -0.05) is 78.9 Å². The minimum atomic E-state index is -0.284. The van der Waals surface area contributed by atoms with Crippen LogP contribution in [0, 0.1) is 5.92 Å². The van der Waals surface area contributed by atoms with Gasteiger partial charge in [0.15, 0.2) is 0 Å². The summed E-state index contributed by atoms with van der Waals surface area (Å²) in [6.45, 7) is 1.04. The summed E-state index contributed by atoms with van der Waals surface area (Å²) in [4.78, 5) is 14.4. The van der Waals surface area contributed by atoms with E-state index < -0.39 is 0 Å². The van der Waals surface area contributed by atoms with E-state index in [9.17, 15) is 9.90 Å². The molecule has 30 heavy (non-hydrogen) atoms. The lowest BCUT2D eigenvalue weighted by Crippen LogP contribution is -2.24. The zero-order valence-electron chi connectivity index (χ0n) is 16.8. The van der Waals surface area contributed by atoms with Crippen LogP contribution in [0.4, 0.5) is 4.79 Å². The van der Waals surface area contributed by atoms with Gasteiger partial charge in [-0.2, -0.15) is 0 Å². The van der Waals surface area contributed by atoms with Crippen molar-refractivity contribution in [2.45, 2.75) is 18.4 Å². The molecule has 0 unspecified atom stereocenters. The molecule has 0 aromatic heterocycles. The van der Waals surface area contributed by atoms with Crippen molar-refractivity contribution in [1.82, 2.24) is 4.90 Å². The van der Waals surface area contributed by atoms with Gasteiger partial charge in [0.1, 0.15) is 6.61 Å². The third kappa shape index (κ3) is 3.48. The molecule has 3 aromatic rings. The number of amides is 1. The summed E-state index contributed by atoms with van der Waals surface area (Å²) in [7, 11) is 0. The highest BCUT2D eigenvalue weighted by atomic mass is 16.6. The summed E-state index contributed by atoms with van der Waals surface area (Å²) < 4.78 is 5.74. The van der Waals surface area contributed by atoms with Gasteiger partial charge in [0.2, 0.25) is 0 Å². The number of hydrogen-bond donors (Lipinski definition) is 1. The largest absolute Gasteiger partial charge is 0.448 e. The molecule has 3 aromatic carbocycles. The number of nitrogens with zero attached hydrogens (tertiary/aromatic N) is 1. The topological polar surface area (TPSA) is 49.5 Å².